The fraction of sp³-hybridized carbons (Fsp3) is 0.407. The summed E-state index contributed by atoms with van der Waals surface area (Å²) in [6.45, 7) is 1.03. The van der Waals surface area contributed by atoms with Crippen molar-refractivity contribution in [2.24, 2.45) is 5.92 Å². The Morgan fingerprint density at radius 3 is 2.38 bits per heavy atom. The summed E-state index contributed by atoms with van der Waals surface area (Å²) in [6, 6.07) is 8.15. The molecule has 13 heteroatoms. The Labute approximate surface area is 229 Å². The minimum absolute atomic E-state index is 0.0380. The minimum atomic E-state index is -4.73. The van der Waals surface area contributed by atoms with Gasteiger partial charge < -0.3 is 20.6 Å². The summed E-state index contributed by atoms with van der Waals surface area (Å²) in [5.74, 6) is -0.0875. The third-order valence-electron chi connectivity index (χ3n) is 6.68. The largest absolute Gasteiger partial charge is 0.508 e. The number of urea groups is 1. The number of alkyl halides is 3. The minimum Gasteiger partial charge on any atom is -0.508 e. The molecule has 3 amide bonds. The van der Waals surface area contributed by atoms with E-state index in [1.54, 1.807) is 23.0 Å². The summed E-state index contributed by atoms with van der Waals surface area (Å²) in [4.78, 5) is 27.2. The maximum atomic E-state index is 13.5. The number of hydrogen-bond acceptors (Lipinski definition) is 6. The molecule has 0 spiro atoms. The number of hydrogen-bond donors (Lipinski definition) is 4. The fourth-order valence-electron chi connectivity index (χ4n) is 4.84. The predicted octanol–water partition coefficient (Wildman–Crippen LogP) is 4.80. The number of phenolic OH excluding ortho intramolecular Hbond substituents is 1. The van der Waals surface area contributed by atoms with Gasteiger partial charge in [0, 0.05) is 36.3 Å². The van der Waals surface area contributed by atoms with Crippen LogP contribution in [-0.2, 0) is 17.4 Å². The van der Waals surface area contributed by atoms with Crippen molar-refractivity contribution in [1.82, 2.24) is 10.2 Å². The van der Waals surface area contributed by atoms with E-state index in [1.165, 1.54) is 18.2 Å². The zero-order valence-electron chi connectivity index (χ0n) is 22.2. The van der Waals surface area contributed by atoms with E-state index >= 15 is 0 Å². The second-order valence-corrected chi connectivity index (χ2v) is 10.2. The van der Waals surface area contributed by atoms with Gasteiger partial charge in [-0.25, -0.2) is 4.79 Å². The normalized spacial score (nSPS) is 17.4. The summed E-state index contributed by atoms with van der Waals surface area (Å²) in [5.41, 5.74) is -1.12. The SMILES string of the molecule is CN(C)CC1CCC([n+]2cc(NC(=O)Nc3cc(NC(=O)Cc4ccccc4O)cc(C(F)(F)F)c3)on2)CC1. The molecule has 1 heterocycles. The molecule has 0 unspecified atom stereocenters. The highest BCUT2D eigenvalue weighted by Gasteiger charge is 2.32. The molecule has 10 nitrogen and oxygen atoms in total. The van der Waals surface area contributed by atoms with Crippen molar-refractivity contribution in [3.63, 3.8) is 0 Å². The van der Waals surface area contributed by atoms with E-state index in [4.69, 9.17) is 4.52 Å². The number of anilines is 3. The molecule has 0 saturated heterocycles. The highest BCUT2D eigenvalue weighted by molar-refractivity contribution is 6.00. The van der Waals surface area contributed by atoms with Crippen LogP contribution in [0.3, 0.4) is 0 Å². The maximum absolute atomic E-state index is 13.5. The number of benzene rings is 2. The molecule has 0 bridgehead atoms. The van der Waals surface area contributed by atoms with E-state index in [-0.39, 0.29) is 35.5 Å². The van der Waals surface area contributed by atoms with Gasteiger partial charge in [-0.05, 0) is 61.8 Å². The van der Waals surface area contributed by atoms with Crippen LogP contribution < -0.4 is 20.6 Å². The Bertz CT molecular complexity index is 1340. The van der Waals surface area contributed by atoms with Crippen molar-refractivity contribution in [3.8, 4) is 5.75 Å². The lowest BCUT2D eigenvalue weighted by atomic mass is 9.86. The lowest BCUT2D eigenvalue weighted by molar-refractivity contribution is -0.787. The quantitative estimate of drug-likeness (QED) is 0.293. The number of rotatable bonds is 8. The first-order valence-corrected chi connectivity index (χ1v) is 12.9. The van der Waals surface area contributed by atoms with Crippen molar-refractivity contribution in [2.75, 3.05) is 36.6 Å². The van der Waals surface area contributed by atoms with Gasteiger partial charge in [-0.15, -0.1) is 0 Å². The van der Waals surface area contributed by atoms with Gasteiger partial charge >= 0.3 is 18.1 Å². The summed E-state index contributed by atoms with van der Waals surface area (Å²) >= 11 is 0. The first kappa shape index (κ1) is 28.9. The average Bonchev–Trinajstić information content (AvgIpc) is 3.33. The standard InChI is InChI=1S/C27H31F3N6O4/c1-35(2)15-17-7-9-22(10-8-17)36-16-25(40-34-36)33-26(39)32-21-13-19(27(28,29)30)12-20(14-21)31-24(38)11-18-5-3-4-6-23(18)37/h3-6,12-14,16-17,22H,7-11,15H2,1-2H3,(H3-,31,32,33,34,37,38,39)/p+1. The fourth-order valence-corrected chi connectivity index (χ4v) is 4.84. The molecule has 4 rings (SSSR count). The van der Waals surface area contributed by atoms with Crippen molar-refractivity contribution >= 4 is 29.2 Å². The number of nitrogens with zero attached hydrogens (tertiary/aromatic N) is 3. The van der Waals surface area contributed by atoms with Crippen molar-refractivity contribution in [3.05, 3.63) is 59.8 Å². The zero-order valence-corrected chi connectivity index (χ0v) is 22.2. The summed E-state index contributed by atoms with van der Waals surface area (Å²) in [7, 11) is 4.10. The van der Waals surface area contributed by atoms with Crippen LogP contribution in [0.15, 0.2) is 53.2 Å². The Morgan fingerprint density at radius 2 is 1.73 bits per heavy atom. The Morgan fingerprint density at radius 1 is 1.05 bits per heavy atom. The molecule has 40 heavy (non-hydrogen) atoms. The highest BCUT2D eigenvalue weighted by atomic mass is 19.4. The lowest BCUT2D eigenvalue weighted by Crippen LogP contribution is -2.43. The van der Waals surface area contributed by atoms with Crippen LogP contribution in [0.1, 0.15) is 42.9 Å². The summed E-state index contributed by atoms with van der Waals surface area (Å²) in [6.07, 6.45) is 0.503. The number of nitrogens with one attached hydrogen (secondary N) is 3. The monoisotopic (exact) mass is 561 g/mol. The van der Waals surface area contributed by atoms with E-state index in [2.05, 4.69) is 40.2 Å². The van der Waals surface area contributed by atoms with Crippen molar-refractivity contribution in [2.45, 2.75) is 44.3 Å². The van der Waals surface area contributed by atoms with Gasteiger partial charge in [0.15, 0.2) is 6.04 Å². The van der Waals surface area contributed by atoms with Crippen LogP contribution >= 0.6 is 0 Å². The third kappa shape index (κ3) is 7.94. The predicted molar refractivity (Wildman–Crippen MR) is 141 cm³/mol. The molecule has 4 N–H and O–H groups in total. The molecule has 1 fully saturated rings. The maximum Gasteiger partial charge on any atom is 0.416 e. The molecular formula is C27H32F3N6O4+. The zero-order chi connectivity index (χ0) is 28.9. The van der Waals surface area contributed by atoms with Crippen molar-refractivity contribution in [1.29, 1.82) is 0 Å². The molecule has 3 aromatic rings. The lowest BCUT2D eigenvalue weighted by Gasteiger charge is -2.26. The molecular weight excluding hydrogens is 529 g/mol. The van der Waals surface area contributed by atoms with Gasteiger partial charge in [0.2, 0.25) is 11.2 Å². The average molecular weight is 562 g/mol. The number of carbonyl (C=O) groups excluding carboxylic acids is 2. The molecule has 0 aliphatic heterocycles. The number of aromatic nitrogens is 2. The Balaban J connectivity index is 1.39. The molecule has 0 radical (unpaired) electrons. The third-order valence-corrected chi connectivity index (χ3v) is 6.68. The van der Waals surface area contributed by atoms with Gasteiger partial charge in [0.25, 0.3) is 6.20 Å². The van der Waals surface area contributed by atoms with Gasteiger partial charge in [-0.1, -0.05) is 18.2 Å². The number of para-hydroxylation sites is 1. The van der Waals surface area contributed by atoms with E-state index in [9.17, 15) is 27.9 Å². The van der Waals surface area contributed by atoms with E-state index < -0.39 is 23.7 Å². The smallest absolute Gasteiger partial charge is 0.416 e. The van der Waals surface area contributed by atoms with Crippen LogP contribution in [0.5, 0.6) is 5.75 Å². The van der Waals surface area contributed by atoms with Crippen LogP contribution in [-0.4, -0.2) is 47.9 Å². The van der Waals surface area contributed by atoms with Crippen LogP contribution in [0.4, 0.5) is 35.2 Å². The first-order valence-electron chi connectivity index (χ1n) is 12.9. The van der Waals surface area contributed by atoms with E-state index in [0.29, 0.717) is 11.5 Å². The van der Waals surface area contributed by atoms with Crippen LogP contribution in [0.2, 0.25) is 0 Å². The number of amides is 3. The van der Waals surface area contributed by atoms with Gasteiger partial charge in [-0.2, -0.15) is 13.2 Å². The summed E-state index contributed by atoms with van der Waals surface area (Å²) < 4.78 is 47.5. The van der Waals surface area contributed by atoms with Gasteiger partial charge in [-0.3, -0.25) is 14.6 Å². The molecule has 1 aromatic heterocycles. The second-order valence-electron chi connectivity index (χ2n) is 10.2. The number of phenols is 1. The second kappa shape index (κ2) is 12.4. The number of carbonyl (C=O) groups is 2. The molecule has 1 saturated carbocycles. The van der Waals surface area contributed by atoms with E-state index in [1.807, 2.05) is 0 Å². The molecule has 1 aliphatic carbocycles. The van der Waals surface area contributed by atoms with Crippen LogP contribution in [0.25, 0.3) is 0 Å². The van der Waals surface area contributed by atoms with Gasteiger partial charge in [0.05, 0.1) is 12.0 Å². The molecule has 214 valence electrons. The van der Waals surface area contributed by atoms with E-state index in [0.717, 1.165) is 44.4 Å². The summed E-state index contributed by atoms with van der Waals surface area (Å²) in [5, 5.41) is 21.0. The Kier molecular flexibility index (Phi) is 8.93. The number of halogens is 3. The van der Waals surface area contributed by atoms with Gasteiger partial charge in [0.1, 0.15) is 5.75 Å². The molecule has 0 atom stereocenters. The highest BCUT2D eigenvalue weighted by Crippen LogP contribution is 2.34. The first-order chi connectivity index (χ1) is 19.0. The van der Waals surface area contributed by atoms with Crippen molar-refractivity contribution < 1.29 is 37.1 Å². The Hall–Kier alpha value is -4.13. The van der Waals surface area contributed by atoms with Crippen LogP contribution in [0, 0.1) is 5.92 Å². The molecule has 2 aromatic carbocycles. The number of aromatic hydroxyl groups is 1. The topological polar surface area (TPSA) is 124 Å². The molecule has 1 aliphatic rings.